The third kappa shape index (κ3) is 3.21. The van der Waals surface area contributed by atoms with E-state index in [0.717, 1.165) is 17.5 Å². The zero-order valence-electron chi connectivity index (χ0n) is 11.0. The van der Waals surface area contributed by atoms with Crippen molar-refractivity contribution in [3.05, 3.63) is 71.3 Å². The minimum Gasteiger partial charge on any atom is -0.384 e. The van der Waals surface area contributed by atoms with Crippen molar-refractivity contribution in [2.75, 3.05) is 0 Å². The topological polar surface area (TPSA) is 20.2 Å². The van der Waals surface area contributed by atoms with Crippen molar-refractivity contribution in [1.29, 1.82) is 0 Å². The Hall–Kier alpha value is -1.60. The Labute approximate surface area is 109 Å². The highest BCUT2D eigenvalue weighted by molar-refractivity contribution is 5.32. The molecule has 0 saturated carbocycles. The van der Waals surface area contributed by atoms with Gasteiger partial charge in [0.2, 0.25) is 0 Å². The summed E-state index contributed by atoms with van der Waals surface area (Å²) in [4.78, 5) is 0. The number of aliphatic hydroxyl groups excluding tert-OH is 1. The molecule has 2 aromatic carbocycles. The number of hydrogen-bond donors (Lipinski definition) is 1. The molecule has 0 aliphatic carbocycles. The second-order valence-electron chi connectivity index (χ2n) is 5.16. The molecule has 18 heavy (non-hydrogen) atoms. The first-order valence-electron chi connectivity index (χ1n) is 6.48. The van der Waals surface area contributed by atoms with Crippen molar-refractivity contribution >= 4 is 0 Å². The van der Waals surface area contributed by atoms with Gasteiger partial charge in [0, 0.05) is 0 Å². The fraction of sp³-hybridized carbons (Fsp3) is 0.294. The molecule has 0 saturated heterocycles. The largest absolute Gasteiger partial charge is 0.384 e. The van der Waals surface area contributed by atoms with E-state index in [0.29, 0.717) is 5.92 Å². The number of aliphatic hydroxyl groups is 1. The van der Waals surface area contributed by atoms with Crippen LogP contribution in [0.3, 0.4) is 0 Å². The first kappa shape index (κ1) is 12.8. The zero-order chi connectivity index (χ0) is 13.0. The molecule has 0 radical (unpaired) electrons. The molecule has 94 valence electrons. The molecule has 0 amide bonds. The summed E-state index contributed by atoms with van der Waals surface area (Å²) in [7, 11) is 0. The molecule has 0 aromatic heterocycles. The quantitative estimate of drug-likeness (QED) is 0.857. The molecule has 2 rings (SSSR count). The van der Waals surface area contributed by atoms with Crippen LogP contribution < -0.4 is 0 Å². The Bertz CT molecular complexity index is 488. The predicted octanol–water partition coefficient (Wildman–Crippen LogP) is 3.97. The Balaban J connectivity index is 2.23. The first-order chi connectivity index (χ1) is 8.66. The Morgan fingerprint density at radius 1 is 0.889 bits per heavy atom. The van der Waals surface area contributed by atoms with E-state index in [4.69, 9.17) is 0 Å². The molecule has 0 fully saturated rings. The van der Waals surface area contributed by atoms with Crippen LogP contribution in [0.1, 0.15) is 36.6 Å². The maximum absolute atomic E-state index is 10.4. The molecule has 0 bridgehead atoms. The summed E-state index contributed by atoms with van der Waals surface area (Å²) >= 11 is 0. The van der Waals surface area contributed by atoms with Crippen LogP contribution in [0.2, 0.25) is 0 Å². The van der Waals surface area contributed by atoms with E-state index in [9.17, 15) is 5.11 Å². The van der Waals surface area contributed by atoms with E-state index >= 15 is 0 Å². The molecule has 0 aliphatic rings. The summed E-state index contributed by atoms with van der Waals surface area (Å²) in [6.07, 6.45) is 0.522. The molecule has 1 N–H and O–H groups in total. The van der Waals surface area contributed by atoms with E-state index in [2.05, 4.69) is 26.0 Å². The standard InChI is InChI=1S/C17H20O/c1-13(2)11-14-7-6-10-16(12-14)17(18)15-8-4-3-5-9-15/h3-10,12-13,17-18H,11H2,1-2H3. The van der Waals surface area contributed by atoms with E-state index in [1.165, 1.54) is 5.56 Å². The highest BCUT2D eigenvalue weighted by Crippen LogP contribution is 2.23. The van der Waals surface area contributed by atoms with Crippen molar-refractivity contribution in [1.82, 2.24) is 0 Å². The summed E-state index contributed by atoms with van der Waals surface area (Å²) in [5, 5.41) is 10.4. The lowest BCUT2D eigenvalue weighted by atomic mass is 9.96. The molecule has 1 heteroatoms. The molecule has 2 aromatic rings. The van der Waals surface area contributed by atoms with E-state index in [1.807, 2.05) is 42.5 Å². The lowest BCUT2D eigenvalue weighted by Gasteiger charge is -2.13. The summed E-state index contributed by atoms with van der Waals surface area (Å²) < 4.78 is 0. The molecule has 0 aliphatic heterocycles. The van der Waals surface area contributed by atoms with Gasteiger partial charge in [-0.25, -0.2) is 0 Å². The average Bonchev–Trinajstić information content (AvgIpc) is 2.38. The number of rotatable bonds is 4. The third-order valence-electron chi connectivity index (χ3n) is 3.03. The Morgan fingerprint density at radius 2 is 1.56 bits per heavy atom. The van der Waals surface area contributed by atoms with Gasteiger partial charge in [-0.2, -0.15) is 0 Å². The maximum Gasteiger partial charge on any atom is 0.104 e. The van der Waals surface area contributed by atoms with Crippen molar-refractivity contribution < 1.29 is 5.11 Å². The smallest absolute Gasteiger partial charge is 0.104 e. The van der Waals surface area contributed by atoms with Gasteiger partial charge in [-0.1, -0.05) is 68.4 Å². The number of hydrogen-bond acceptors (Lipinski definition) is 1. The first-order valence-corrected chi connectivity index (χ1v) is 6.48. The van der Waals surface area contributed by atoms with Crippen LogP contribution in [-0.2, 0) is 6.42 Å². The fourth-order valence-corrected chi connectivity index (χ4v) is 2.19. The van der Waals surface area contributed by atoms with Crippen molar-refractivity contribution in [2.45, 2.75) is 26.4 Å². The van der Waals surface area contributed by atoms with Crippen molar-refractivity contribution in [3.63, 3.8) is 0 Å². The third-order valence-corrected chi connectivity index (χ3v) is 3.03. The van der Waals surface area contributed by atoms with Gasteiger partial charge in [-0.05, 0) is 29.0 Å². The van der Waals surface area contributed by atoms with Crippen molar-refractivity contribution in [3.8, 4) is 0 Å². The van der Waals surface area contributed by atoms with Gasteiger partial charge < -0.3 is 5.11 Å². The van der Waals surface area contributed by atoms with E-state index < -0.39 is 6.10 Å². The molecule has 1 nitrogen and oxygen atoms in total. The monoisotopic (exact) mass is 240 g/mol. The maximum atomic E-state index is 10.4. The summed E-state index contributed by atoms with van der Waals surface area (Å²) in [6.45, 7) is 4.42. The average molecular weight is 240 g/mol. The van der Waals surface area contributed by atoms with Crippen LogP contribution in [0.5, 0.6) is 0 Å². The van der Waals surface area contributed by atoms with Crippen LogP contribution >= 0.6 is 0 Å². The van der Waals surface area contributed by atoms with Crippen molar-refractivity contribution in [2.24, 2.45) is 5.92 Å². The Kier molecular flexibility index (Phi) is 4.16. The van der Waals surface area contributed by atoms with Gasteiger partial charge >= 0.3 is 0 Å². The number of benzene rings is 2. The summed E-state index contributed by atoms with van der Waals surface area (Å²) in [6, 6.07) is 18.0. The van der Waals surface area contributed by atoms with Gasteiger partial charge in [-0.15, -0.1) is 0 Å². The summed E-state index contributed by atoms with van der Waals surface area (Å²) in [5.41, 5.74) is 3.20. The van der Waals surface area contributed by atoms with Gasteiger partial charge in [-0.3, -0.25) is 0 Å². The van der Waals surface area contributed by atoms with Crippen LogP contribution in [0.4, 0.5) is 0 Å². The van der Waals surface area contributed by atoms with Gasteiger partial charge in [0.15, 0.2) is 0 Å². The van der Waals surface area contributed by atoms with Crippen LogP contribution in [0, 0.1) is 5.92 Å². The van der Waals surface area contributed by atoms with Crippen LogP contribution in [0.25, 0.3) is 0 Å². The van der Waals surface area contributed by atoms with Crippen LogP contribution in [-0.4, -0.2) is 5.11 Å². The lowest BCUT2D eigenvalue weighted by molar-refractivity contribution is 0.220. The molecular weight excluding hydrogens is 220 g/mol. The highest BCUT2D eigenvalue weighted by atomic mass is 16.3. The van der Waals surface area contributed by atoms with Gasteiger partial charge in [0.05, 0.1) is 0 Å². The SMILES string of the molecule is CC(C)Cc1cccc(C(O)c2ccccc2)c1. The highest BCUT2D eigenvalue weighted by Gasteiger charge is 2.10. The normalized spacial score (nSPS) is 12.7. The van der Waals surface area contributed by atoms with Gasteiger partial charge in [0.25, 0.3) is 0 Å². The second-order valence-corrected chi connectivity index (χ2v) is 5.16. The molecular formula is C17H20O. The second kappa shape index (κ2) is 5.83. The molecule has 1 atom stereocenters. The molecule has 1 unspecified atom stereocenters. The molecule has 0 spiro atoms. The van der Waals surface area contributed by atoms with Crippen LogP contribution in [0.15, 0.2) is 54.6 Å². The van der Waals surface area contributed by atoms with Gasteiger partial charge in [0.1, 0.15) is 6.10 Å². The predicted molar refractivity (Wildman–Crippen MR) is 75.5 cm³/mol. The lowest BCUT2D eigenvalue weighted by Crippen LogP contribution is -2.01. The zero-order valence-corrected chi connectivity index (χ0v) is 11.0. The summed E-state index contributed by atoms with van der Waals surface area (Å²) in [5.74, 6) is 0.633. The van der Waals surface area contributed by atoms with E-state index in [-0.39, 0.29) is 0 Å². The van der Waals surface area contributed by atoms with E-state index in [1.54, 1.807) is 0 Å². The Morgan fingerprint density at radius 3 is 2.22 bits per heavy atom. The minimum absolute atomic E-state index is 0.529. The fourth-order valence-electron chi connectivity index (χ4n) is 2.19. The molecule has 0 heterocycles. The minimum atomic E-state index is -0.529.